The van der Waals surface area contributed by atoms with Crippen molar-refractivity contribution in [3.8, 4) is 0 Å². The van der Waals surface area contributed by atoms with Crippen molar-refractivity contribution < 1.29 is 9.59 Å². The van der Waals surface area contributed by atoms with E-state index in [2.05, 4.69) is 15.6 Å². The zero-order valence-corrected chi connectivity index (χ0v) is 16.1. The van der Waals surface area contributed by atoms with E-state index in [1.165, 1.54) is 6.07 Å². The van der Waals surface area contributed by atoms with Crippen molar-refractivity contribution in [2.24, 2.45) is 5.92 Å². The number of aromatic nitrogens is 1. The van der Waals surface area contributed by atoms with Gasteiger partial charge in [0.15, 0.2) is 0 Å². The number of hydrogen-bond acceptors (Lipinski definition) is 3. The topological polar surface area (TPSA) is 71.1 Å². The Kier molecular flexibility index (Phi) is 7.42. The minimum atomic E-state index is -0.661. The first-order chi connectivity index (χ1) is 12.4. The fraction of sp³-hybridized carbons (Fsp3) is 0.316. The molecule has 2 amide bonds. The molecule has 0 aliphatic heterocycles. The maximum atomic E-state index is 12.6. The summed E-state index contributed by atoms with van der Waals surface area (Å²) in [6.07, 6.45) is 3.86. The maximum Gasteiger partial charge on any atom is 0.253 e. The van der Waals surface area contributed by atoms with Gasteiger partial charge in [-0.3, -0.25) is 14.6 Å². The minimum absolute atomic E-state index is 0.227. The van der Waals surface area contributed by atoms with Gasteiger partial charge in [-0.15, -0.1) is 0 Å². The lowest BCUT2D eigenvalue weighted by molar-refractivity contribution is -0.123. The second kappa shape index (κ2) is 9.55. The number of carbonyl (C=O) groups excluding carboxylic acids is 2. The molecular weight excluding hydrogens is 373 g/mol. The average molecular weight is 394 g/mol. The largest absolute Gasteiger partial charge is 0.350 e. The fourth-order valence-electron chi connectivity index (χ4n) is 2.43. The summed E-state index contributed by atoms with van der Waals surface area (Å²) in [5, 5.41) is 6.29. The SMILES string of the molecule is CC(C)CC(NC(=O)c1ccc(Cl)cc1Cl)C(=O)NCc1cccnc1. The van der Waals surface area contributed by atoms with Gasteiger partial charge in [0.2, 0.25) is 5.91 Å². The molecule has 0 aliphatic carbocycles. The number of pyridine rings is 1. The number of carbonyl (C=O) groups is 2. The van der Waals surface area contributed by atoms with E-state index in [-0.39, 0.29) is 22.4 Å². The second-order valence-corrected chi connectivity index (χ2v) is 7.20. The van der Waals surface area contributed by atoms with Gasteiger partial charge in [0, 0.05) is 24.0 Å². The molecule has 26 heavy (non-hydrogen) atoms. The number of rotatable bonds is 7. The van der Waals surface area contributed by atoms with E-state index >= 15 is 0 Å². The van der Waals surface area contributed by atoms with Crippen molar-refractivity contribution in [3.05, 3.63) is 63.9 Å². The van der Waals surface area contributed by atoms with Crippen molar-refractivity contribution in [2.75, 3.05) is 0 Å². The predicted molar refractivity (Wildman–Crippen MR) is 103 cm³/mol. The highest BCUT2D eigenvalue weighted by molar-refractivity contribution is 6.36. The lowest BCUT2D eigenvalue weighted by Crippen LogP contribution is -2.47. The van der Waals surface area contributed by atoms with Crippen LogP contribution in [0.15, 0.2) is 42.7 Å². The van der Waals surface area contributed by atoms with Crippen LogP contribution in [0.5, 0.6) is 0 Å². The van der Waals surface area contributed by atoms with E-state index in [0.29, 0.717) is 18.0 Å². The number of benzene rings is 1. The molecule has 0 saturated carbocycles. The minimum Gasteiger partial charge on any atom is -0.350 e. The zero-order chi connectivity index (χ0) is 19.1. The number of hydrogen-bond donors (Lipinski definition) is 2. The first kappa shape index (κ1) is 20.2. The van der Waals surface area contributed by atoms with Crippen LogP contribution in [0.1, 0.15) is 36.2 Å². The quantitative estimate of drug-likeness (QED) is 0.750. The molecule has 0 fully saturated rings. The molecule has 2 rings (SSSR count). The van der Waals surface area contributed by atoms with Crippen molar-refractivity contribution in [2.45, 2.75) is 32.9 Å². The molecule has 0 aliphatic rings. The van der Waals surface area contributed by atoms with Gasteiger partial charge in [0.1, 0.15) is 6.04 Å². The molecule has 0 radical (unpaired) electrons. The predicted octanol–water partition coefficient (Wildman–Crippen LogP) is 3.85. The zero-order valence-electron chi connectivity index (χ0n) is 14.6. The van der Waals surface area contributed by atoms with Gasteiger partial charge >= 0.3 is 0 Å². The standard InChI is InChI=1S/C19H21Cl2N3O2/c1-12(2)8-17(19(26)23-11-13-4-3-7-22-10-13)24-18(25)15-6-5-14(20)9-16(15)21/h3-7,9-10,12,17H,8,11H2,1-2H3,(H,23,26)(H,24,25). The summed E-state index contributed by atoms with van der Waals surface area (Å²) in [5.41, 5.74) is 1.17. The highest BCUT2D eigenvalue weighted by Gasteiger charge is 2.23. The van der Waals surface area contributed by atoms with Crippen LogP contribution in [0.3, 0.4) is 0 Å². The molecule has 138 valence electrons. The molecule has 0 bridgehead atoms. The molecule has 1 heterocycles. The Bertz CT molecular complexity index is 767. The van der Waals surface area contributed by atoms with Crippen LogP contribution < -0.4 is 10.6 Å². The van der Waals surface area contributed by atoms with Crippen LogP contribution in [-0.2, 0) is 11.3 Å². The molecule has 1 unspecified atom stereocenters. The van der Waals surface area contributed by atoms with E-state index in [1.807, 2.05) is 19.9 Å². The van der Waals surface area contributed by atoms with Crippen molar-refractivity contribution in [3.63, 3.8) is 0 Å². The molecule has 5 nitrogen and oxygen atoms in total. The Morgan fingerprint density at radius 2 is 1.96 bits per heavy atom. The summed E-state index contributed by atoms with van der Waals surface area (Å²) in [6, 6.07) is 7.64. The average Bonchev–Trinajstić information content (AvgIpc) is 2.59. The van der Waals surface area contributed by atoms with Gasteiger partial charge in [-0.05, 0) is 42.2 Å². The number of nitrogens with one attached hydrogen (secondary N) is 2. The van der Waals surface area contributed by atoms with Gasteiger partial charge in [-0.2, -0.15) is 0 Å². The summed E-state index contributed by atoms with van der Waals surface area (Å²) in [4.78, 5) is 29.1. The second-order valence-electron chi connectivity index (χ2n) is 6.36. The Labute approximate surface area is 163 Å². The first-order valence-electron chi connectivity index (χ1n) is 8.29. The van der Waals surface area contributed by atoms with E-state index in [0.717, 1.165) is 5.56 Å². The van der Waals surface area contributed by atoms with Crippen LogP contribution >= 0.6 is 23.2 Å². The monoisotopic (exact) mass is 393 g/mol. The summed E-state index contributed by atoms with van der Waals surface area (Å²) in [7, 11) is 0. The van der Waals surface area contributed by atoms with E-state index in [1.54, 1.807) is 30.6 Å². The summed E-state index contributed by atoms with van der Waals surface area (Å²) >= 11 is 11.9. The number of amides is 2. The third-order valence-corrected chi connectivity index (χ3v) is 4.24. The van der Waals surface area contributed by atoms with Crippen LogP contribution in [-0.4, -0.2) is 22.8 Å². The number of halogens is 2. The third kappa shape index (κ3) is 6.00. The molecule has 1 atom stereocenters. The van der Waals surface area contributed by atoms with Gasteiger partial charge < -0.3 is 10.6 Å². The van der Waals surface area contributed by atoms with Gasteiger partial charge in [-0.25, -0.2) is 0 Å². The third-order valence-electron chi connectivity index (χ3n) is 3.69. The van der Waals surface area contributed by atoms with Crippen LogP contribution in [0.25, 0.3) is 0 Å². The smallest absolute Gasteiger partial charge is 0.253 e. The highest BCUT2D eigenvalue weighted by Crippen LogP contribution is 2.21. The van der Waals surface area contributed by atoms with Crippen molar-refractivity contribution >= 4 is 35.0 Å². The first-order valence-corrected chi connectivity index (χ1v) is 9.05. The van der Waals surface area contributed by atoms with E-state index in [4.69, 9.17) is 23.2 Å². The van der Waals surface area contributed by atoms with Gasteiger partial charge in [-0.1, -0.05) is 43.1 Å². The van der Waals surface area contributed by atoms with Crippen LogP contribution in [0, 0.1) is 5.92 Å². The molecule has 1 aromatic carbocycles. The molecule has 0 saturated heterocycles. The Morgan fingerprint density at radius 1 is 1.19 bits per heavy atom. The molecule has 0 spiro atoms. The van der Waals surface area contributed by atoms with E-state index < -0.39 is 11.9 Å². The molecule has 2 N–H and O–H groups in total. The maximum absolute atomic E-state index is 12.6. The Balaban J connectivity index is 2.05. The van der Waals surface area contributed by atoms with Crippen molar-refractivity contribution in [1.29, 1.82) is 0 Å². The fourth-order valence-corrected chi connectivity index (χ4v) is 2.92. The highest BCUT2D eigenvalue weighted by atomic mass is 35.5. The van der Waals surface area contributed by atoms with Crippen LogP contribution in [0.4, 0.5) is 0 Å². The summed E-state index contributed by atoms with van der Waals surface area (Å²) < 4.78 is 0. The Morgan fingerprint density at radius 3 is 2.58 bits per heavy atom. The van der Waals surface area contributed by atoms with Crippen LogP contribution in [0.2, 0.25) is 10.0 Å². The lowest BCUT2D eigenvalue weighted by Gasteiger charge is -2.20. The summed E-state index contributed by atoms with van der Waals surface area (Å²) in [5.74, 6) is -0.431. The van der Waals surface area contributed by atoms with Gasteiger partial charge in [0.25, 0.3) is 5.91 Å². The van der Waals surface area contributed by atoms with Gasteiger partial charge in [0.05, 0.1) is 10.6 Å². The summed E-state index contributed by atoms with van der Waals surface area (Å²) in [6.45, 7) is 4.32. The molecule has 2 aromatic rings. The molecule has 7 heteroatoms. The van der Waals surface area contributed by atoms with Crippen molar-refractivity contribution in [1.82, 2.24) is 15.6 Å². The van der Waals surface area contributed by atoms with E-state index in [9.17, 15) is 9.59 Å². The molecular formula is C19H21Cl2N3O2. The normalized spacial score (nSPS) is 11.9. The Hall–Kier alpha value is -2.11. The lowest BCUT2D eigenvalue weighted by atomic mass is 10.0. The molecule has 1 aromatic heterocycles. The number of nitrogens with zero attached hydrogens (tertiary/aromatic N) is 1.